The summed E-state index contributed by atoms with van der Waals surface area (Å²) < 4.78 is 27.1. The fourth-order valence-corrected chi connectivity index (χ4v) is 4.42. The lowest BCUT2D eigenvalue weighted by Crippen LogP contribution is -3.15. The van der Waals surface area contributed by atoms with Gasteiger partial charge in [-0.3, -0.25) is 4.79 Å². The number of fused-ring (bicyclic) bond motifs is 1. The number of piperazine rings is 1. The zero-order valence-corrected chi connectivity index (χ0v) is 13.6. The molecule has 23 heavy (non-hydrogen) atoms. The summed E-state index contributed by atoms with van der Waals surface area (Å²) >= 11 is 0. The van der Waals surface area contributed by atoms with Crippen molar-refractivity contribution >= 4 is 26.7 Å². The van der Waals surface area contributed by atoms with Gasteiger partial charge in [0, 0.05) is 0 Å². The number of benzene rings is 2. The minimum atomic E-state index is -3.50. The summed E-state index contributed by atoms with van der Waals surface area (Å²) in [4.78, 5) is 12.3. The van der Waals surface area contributed by atoms with Crippen LogP contribution in [0, 0.1) is 0 Å². The number of quaternary nitrogens is 1. The molecule has 7 heteroatoms. The van der Waals surface area contributed by atoms with Gasteiger partial charge in [-0.25, -0.2) is 8.42 Å². The van der Waals surface area contributed by atoms with E-state index in [0.717, 1.165) is 15.7 Å². The van der Waals surface area contributed by atoms with E-state index in [-0.39, 0.29) is 12.5 Å². The predicted molar refractivity (Wildman–Crippen MR) is 87.5 cm³/mol. The Morgan fingerprint density at radius 3 is 2.39 bits per heavy atom. The van der Waals surface area contributed by atoms with Crippen LogP contribution in [0.25, 0.3) is 10.8 Å². The number of hydrogen-bond donors (Lipinski definition) is 2. The molecule has 1 amide bonds. The largest absolute Gasteiger partial charge is 0.365 e. The van der Waals surface area contributed by atoms with Crippen LogP contribution in [0.1, 0.15) is 0 Å². The van der Waals surface area contributed by atoms with Gasteiger partial charge in [0.1, 0.15) is 0 Å². The van der Waals surface area contributed by atoms with E-state index in [4.69, 9.17) is 5.73 Å². The van der Waals surface area contributed by atoms with E-state index in [1.54, 1.807) is 12.1 Å². The summed E-state index contributed by atoms with van der Waals surface area (Å²) in [6.45, 7) is 2.24. The maximum Gasteiger partial charge on any atom is 0.272 e. The van der Waals surface area contributed by atoms with E-state index >= 15 is 0 Å². The van der Waals surface area contributed by atoms with Gasteiger partial charge in [-0.1, -0.05) is 30.3 Å². The van der Waals surface area contributed by atoms with Crippen molar-refractivity contribution in [2.45, 2.75) is 4.90 Å². The molecule has 2 aromatic carbocycles. The lowest BCUT2D eigenvalue weighted by Gasteiger charge is -2.30. The van der Waals surface area contributed by atoms with Crippen molar-refractivity contribution in [1.82, 2.24) is 4.31 Å². The SMILES string of the molecule is NC(=O)C[NH+]1CCN(S(=O)(=O)c2ccc3ccccc3c2)CC1. The first-order chi connectivity index (χ1) is 11.0. The van der Waals surface area contributed by atoms with E-state index in [1.165, 1.54) is 4.31 Å². The molecule has 3 N–H and O–H groups in total. The molecule has 0 unspecified atom stereocenters. The number of nitrogens with one attached hydrogen (secondary N) is 1. The number of amides is 1. The van der Waals surface area contributed by atoms with Gasteiger partial charge < -0.3 is 10.6 Å². The molecule has 1 aliphatic rings. The third-order valence-corrected chi connectivity index (χ3v) is 6.11. The van der Waals surface area contributed by atoms with E-state index in [9.17, 15) is 13.2 Å². The number of primary amides is 1. The summed E-state index contributed by atoms with van der Waals surface area (Å²) in [6, 6.07) is 12.9. The summed E-state index contributed by atoms with van der Waals surface area (Å²) in [5.74, 6) is -0.356. The van der Waals surface area contributed by atoms with Crippen LogP contribution in [0.3, 0.4) is 0 Å². The molecule has 0 bridgehead atoms. The van der Waals surface area contributed by atoms with Crippen molar-refractivity contribution in [3.8, 4) is 0 Å². The third kappa shape index (κ3) is 3.36. The Labute approximate surface area is 135 Å². The normalized spacial score (nSPS) is 17.4. The van der Waals surface area contributed by atoms with Gasteiger partial charge in [0.25, 0.3) is 5.91 Å². The van der Waals surface area contributed by atoms with Gasteiger partial charge in [0.2, 0.25) is 10.0 Å². The molecule has 1 saturated heterocycles. The van der Waals surface area contributed by atoms with E-state index in [0.29, 0.717) is 31.1 Å². The molecular weight excluding hydrogens is 314 g/mol. The standard InChI is InChI=1S/C16H19N3O3S/c17-16(20)12-18-7-9-19(10-8-18)23(21,22)15-6-5-13-3-1-2-4-14(13)11-15/h1-6,11H,7-10,12H2,(H2,17,20)/p+1. The summed E-state index contributed by atoms with van der Waals surface area (Å²) in [6.07, 6.45) is 0. The van der Waals surface area contributed by atoms with Gasteiger partial charge in [-0.15, -0.1) is 0 Å². The molecule has 122 valence electrons. The molecule has 1 fully saturated rings. The Hall–Kier alpha value is -1.96. The highest BCUT2D eigenvalue weighted by molar-refractivity contribution is 7.89. The highest BCUT2D eigenvalue weighted by Crippen LogP contribution is 2.21. The predicted octanol–water partition coefficient (Wildman–Crippen LogP) is -0.786. The smallest absolute Gasteiger partial charge is 0.272 e. The highest BCUT2D eigenvalue weighted by Gasteiger charge is 2.30. The first-order valence-electron chi connectivity index (χ1n) is 7.57. The molecular formula is C16H20N3O3S+. The van der Waals surface area contributed by atoms with Gasteiger partial charge in [0.05, 0.1) is 31.1 Å². The third-order valence-electron chi connectivity index (χ3n) is 4.21. The van der Waals surface area contributed by atoms with E-state index < -0.39 is 10.0 Å². The zero-order valence-electron chi connectivity index (χ0n) is 12.7. The Bertz CT molecular complexity index is 827. The molecule has 0 aliphatic carbocycles. The summed E-state index contributed by atoms with van der Waals surface area (Å²) in [5, 5.41) is 1.92. The molecule has 0 saturated carbocycles. The van der Waals surface area contributed by atoms with Crippen LogP contribution < -0.4 is 10.6 Å². The van der Waals surface area contributed by atoms with Crippen LogP contribution >= 0.6 is 0 Å². The fourth-order valence-electron chi connectivity index (χ4n) is 2.94. The van der Waals surface area contributed by atoms with Crippen LogP contribution in [0.15, 0.2) is 47.4 Å². The molecule has 6 nitrogen and oxygen atoms in total. The maximum atomic E-state index is 12.8. The van der Waals surface area contributed by atoms with Crippen molar-refractivity contribution in [1.29, 1.82) is 0 Å². The quantitative estimate of drug-likeness (QED) is 0.769. The molecule has 0 atom stereocenters. The second kappa shape index (κ2) is 6.27. The molecule has 0 radical (unpaired) electrons. The molecule has 0 spiro atoms. The second-order valence-corrected chi connectivity index (χ2v) is 7.74. The molecule has 1 heterocycles. The second-order valence-electron chi connectivity index (χ2n) is 5.81. The fraction of sp³-hybridized carbons (Fsp3) is 0.312. The van der Waals surface area contributed by atoms with Gasteiger partial charge in [-0.2, -0.15) is 4.31 Å². The number of nitrogens with zero attached hydrogens (tertiary/aromatic N) is 1. The number of carbonyl (C=O) groups excluding carboxylic acids is 1. The van der Waals surface area contributed by atoms with Gasteiger partial charge >= 0.3 is 0 Å². The highest BCUT2D eigenvalue weighted by atomic mass is 32.2. The first-order valence-corrected chi connectivity index (χ1v) is 9.01. The number of hydrogen-bond acceptors (Lipinski definition) is 3. The number of nitrogens with two attached hydrogens (primary N) is 1. The molecule has 1 aliphatic heterocycles. The summed E-state index contributed by atoms with van der Waals surface area (Å²) in [7, 11) is -3.50. The zero-order chi connectivity index (χ0) is 16.4. The Morgan fingerprint density at radius 2 is 1.74 bits per heavy atom. The Kier molecular flexibility index (Phi) is 4.34. The average Bonchev–Trinajstić information content (AvgIpc) is 2.54. The molecule has 2 aromatic rings. The molecule has 0 aromatic heterocycles. The van der Waals surface area contributed by atoms with E-state index in [1.807, 2.05) is 30.3 Å². The number of rotatable bonds is 4. The van der Waals surface area contributed by atoms with Crippen LogP contribution in [-0.2, 0) is 14.8 Å². The lowest BCUT2D eigenvalue weighted by molar-refractivity contribution is -0.895. The maximum absolute atomic E-state index is 12.8. The van der Waals surface area contributed by atoms with Crippen LogP contribution in [-0.4, -0.2) is 51.4 Å². The number of carbonyl (C=O) groups is 1. The Balaban J connectivity index is 1.79. The van der Waals surface area contributed by atoms with Crippen LogP contribution in [0.4, 0.5) is 0 Å². The van der Waals surface area contributed by atoms with Crippen molar-refractivity contribution in [2.24, 2.45) is 5.73 Å². The van der Waals surface area contributed by atoms with Crippen LogP contribution in [0.5, 0.6) is 0 Å². The Morgan fingerprint density at radius 1 is 1.09 bits per heavy atom. The molecule has 3 rings (SSSR count). The summed E-state index contributed by atoms with van der Waals surface area (Å²) in [5.41, 5.74) is 5.20. The van der Waals surface area contributed by atoms with Crippen molar-refractivity contribution < 1.29 is 18.1 Å². The van der Waals surface area contributed by atoms with Crippen molar-refractivity contribution in [3.05, 3.63) is 42.5 Å². The first kappa shape index (κ1) is 15.9. The topological polar surface area (TPSA) is 84.9 Å². The number of sulfonamides is 1. The van der Waals surface area contributed by atoms with Crippen molar-refractivity contribution in [2.75, 3.05) is 32.7 Å². The monoisotopic (exact) mass is 334 g/mol. The minimum absolute atomic E-state index is 0.254. The minimum Gasteiger partial charge on any atom is -0.365 e. The lowest BCUT2D eigenvalue weighted by atomic mass is 10.1. The van der Waals surface area contributed by atoms with Crippen molar-refractivity contribution in [3.63, 3.8) is 0 Å². The van der Waals surface area contributed by atoms with E-state index in [2.05, 4.69) is 0 Å². The van der Waals surface area contributed by atoms with Gasteiger partial charge in [0.15, 0.2) is 6.54 Å². The average molecular weight is 334 g/mol. The van der Waals surface area contributed by atoms with Crippen LogP contribution in [0.2, 0.25) is 0 Å². The van der Waals surface area contributed by atoms with Gasteiger partial charge in [-0.05, 0) is 22.9 Å².